The van der Waals surface area contributed by atoms with Gasteiger partial charge in [-0.1, -0.05) is 28.1 Å². The molecule has 1 aromatic heterocycles. The first kappa shape index (κ1) is 20.3. The summed E-state index contributed by atoms with van der Waals surface area (Å²) in [5.41, 5.74) is 1.66. The number of carbonyl (C=O) groups is 1. The number of phenolic OH excluding ortho intramolecular Hbond substituents is 1. The monoisotopic (exact) mass is 491 g/mol. The normalized spacial score (nSPS) is 15.2. The Morgan fingerprint density at radius 3 is 2.44 bits per heavy atom. The molecule has 160 valence electrons. The smallest absolute Gasteiger partial charge is 0.295 e. The SMILES string of the molecule is CCOc1ccc(N2C(=O)c3oc4ccc(Br)cc4c(=O)c3C2c2ccc(O)cc2)cc1. The number of aromatic hydroxyl groups is 1. The highest BCUT2D eigenvalue weighted by Crippen LogP contribution is 2.42. The molecule has 1 amide bonds. The van der Waals surface area contributed by atoms with Crippen molar-refractivity contribution in [1.29, 1.82) is 0 Å². The molecule has 0 spiro atoms. The number of hydrogen-bond donors (Lipinski definition) is 1. The highest BCUT2D eigenvalue weighted by Gasteiger charge is 2.43. The number of anilines is 1. The quantitative estimate of drug-likeness (QED) is 0.412. The average Bonchev–Trinajstić information content (AvgIpc) is 3.08. The molecular weight excluding hydrogens is 474 g/mol. The Bertz CT molecular complexity index is 1390. The van der Waals surface area contributed by atoms with E-state index in [2.05, 4.69) is 15.9 Å². The maximum atomic E-state index is 13.6. The zero-order valence-corrected chi connectivity index (χ0v) is 18.6. The second-order valence-electron chi connectivity index (χ2n) is 7.41. The molecule has 5 rings (SSSR count). The summed E-state index contributed by atoms with van der Waals surface area (Å²) in [5.74, 6) is 0.410. The third kappa shape index (κ3) is 3.26. The second kappa shape index (κ2) is 7.84. The molecule has 32 heavy (non-hydrogen) atoms. The van der Waals surface area contributed by atoms with Gasteiger partial charge in [-0.15, -0.1) is 0 Å². The number of halogens is 1. The molecule has 0 radical (unpaired) electrons. The number of carbonyl (C=O) groups excluding carboxylic acids is 1. The first-order valence-corrected chi connectivity index (χ1v) is 10.9. The zero-order chi connectivity index (χ0) is 22.4. The van der Waals surface area contributed by atoms with Gasteiger partial charge in [-0.25, -0.2) is 0 Å². The summed E-state index contributed by atoms with van der Waals surface area (Å²) in [4.78, 5) is 28.6. The van der Waals surface area contributed by atoms with Gasteiger partial charge >= 0.3 is 0 Å². The topological polar surface area (TPSA) is 80.0 Å². The molecule has 1 aliphatic heterocycles. The summed E-state index contributed by atoms with van der Waals surface area (Å²) < 4.78 is 12.2. The number of benzene rings is 3. The molecule has 3 aromatic carbocycles. The summed E-state index contributed by atoms with van der Waals surface area (Å²) in [7, 11) is 0. The third-order valence-corrected chi connectivity index (χ3v) is 5.96. The van der Waals surface area contributed by atoms with E-state index in [9.17, 15) is 14.7 Å². The van der Waals surface area contributed by atoms with Crippen LogP contribution in [0.2, 0.25) is 0 Å². The van der Waals surface area contributed by atoms with Crippen LogP contribution in [0.5, 0.6) is 11.5 Å². The van der Waals surface area contributed by atoms with Gasteiger partial charge < -0.3 is 14.3 Å². The number of ether oxygens (including phenoxy) is 1. The zero-order valence-electron chi connectivity index (χ0n) is 17.0. The number of phenols is 1. The molecule has 1 atom stereocenters. The van der Waals surface area contributed by atoms with E-state index in [1.807, 2.05) is 6.92 Å². The lowest BCUT2D eigenvalue weighted by Crippen LogP contribution is -2.29. The van der Waals surface area contributed by atoms with Crippen molar-refractivity contribution in [3.8, 4) is 11.5 Å². The van der Waals surface area contributed by atoms with Gasteiger partial charge in [-0.05, 0) is 67.1 Å². The van der Waals surface area contributed by atoms with Gasteiger partial charge in [0.15, 0.2) is 5.43 Å². The van der Waals surface area contributed by atoms with E-state index in [0.29, 0.717) is 34.6 Å². The van der Waals surface area contributed by atoms with E-state index < -0.39 is 11.9 Å². The maximum absolute atomic E-state index is 13.6. The van der Waals surface area contributed by atoms with E-state index in [1.165, 1.54) is 12.1 Å². The van der Waals surface area contributed by atoms with Crippen LogP contribution in [0.4, 0.5) is 5.69 Å². The molecular formula is C25H18BrNO5. The molecule has 1 N–H and O–H groups in total. The molecule has 1 unspecified atom stereocenters. The van der Waals surface area contributed by atoms with Crippen molar-refractivity contribution in [1.82, 2.24) is 0 Å². The van der Waals surface area contributed by atoms with E-state index >= 15 is 0 Å². The molecule has 0 saturated heterocycles. The molecule has 0 aliphatic carbocycles. The molecule has 7 heteroatoms. The van der Waals surface area contributed by atoms with Crippen LogP contribution in [-0.2, 0) is 0 Å². The van der Waals surface area contributed by atoms with Gasteiger partial charge in [0.2, 0.25) is 5.76 Å². The minimum Gasteiger partial charge on any atom is -0.508 e. The Kier molecular flexibility index (Phi) is 4.98. The number of amides is 1. The van der Waals surface area contributed by atoms with Crippen LogP contribution < -0.4 is 15.1 Å². The van der Waals surface area contributed by atoms with Gasteiger partial charge in [0, 0.05) is 10.2 Å². The molecule has 0 bridgehead atoms. The Hall–Kier alpha value is -3.58. The van der Waals surface area contributed by atoms with Crippen LogP contribution in [0.3, 0.4) is 0 Å². The Morgan fingerprint density at radius 2 is 1.75 bits per heavy atom. The Balaban J connectivity index is 1.75. The largest absolute Gasteiger partial charge is 0.508 e. The molecule has 0 saturated carbocycles. The first-order chi connectivity index (χ1) is 15.5. The van der Waals surface area contributed by atoms with Gasteiger partial charge in [-0.3, -0.25) is 14.5 Å². The molecule has 0 fully saturated rings. The lowest BCUT2D eigenvalue weighted by molar-refractivity contribution is 0.0971. The van der Waals surface area contributed by atoms with Crippen molar-refractivity contribution in [2.45, 2.75) is 13.0 Å². The number of hydrogen-bond acceptors (Lipinski definition) is 5. The lowest BCUT2D eigenvalue weighted by atomic mass is 9.98. The maximum Gasteiger partial charge on any atom is 0.295 e. The third-order valence-electron chi connectivity index (χ3n) is 5.47. The summed E-state index contributed by atoms with van der Waals surface area (Å²) >= 11 is 3.40. The van der Waals surface area contributed by atoms with Crippen molar-refractivity contribution in [2.24, 2.45) is 0 Å². The van der Waals surface area contributed by atoms with Crippen molar-refractivity contribution >= 4 is 38.5 Å². The number of rotatable bonds is 4. The van der Waals surface area contributed by atoms with Crippen LogP contribution in [0.15, 0.2) is 80.4 Å². The fourth-order valence-corrected chi connectivity index (χ4v) is 4.41. The minimum atomic E-state index is -0.698. The van der Waals surface area contributed by atoms with Crippen molar-refractivity contribution in [3.63, 3.8) is 0 Å². The van der Waals surface area contributed by atoms with Crippen molar-refractivity contribution < 1.29 is 19.1 Å². The van der Waals surface area contributed by atoms with Crippen LogP contribution in [0.25, 0.3) is 11.0 Å². The number of nitrogens with zero attached hydrogens (tertiary/aromatic N) is 1. The highest BCUT2D eigenvalue weighted by atomic mass is 79.9. The van der Waals surface area contributed by atoms with E-state index in [1.54, 1.807) is 59.5 Å². The molecule has 4 aromatic rings. The Labute approximate surface area is 191 Å². The predicted octanol–water partition coefficient (Wildman–Crippen LogP) is 5.41. The van der Waals surface area contributed by atoms with E-state index in [-0.39, 0.29) is 22.5 Å². The van der Waals surface area contributed by atoms with Crippen LogP contribution in [-0.4, -0.2) is 17.6 Å². The first-order valence-electron chi connectivity index (χ1n) is 10.1. The van der Waals surface area contributed by atoms with Gasteiger partial charge in [0.05, 0.1) is 23.6 Å². The van der Waals surface area contributed by atoms with Gasteiger partial charge in [0.1, 0.15) is 17.1 Å². The number of fused-ring (bicyclic) bond motifs is 2. The summed E-state index contributed by atoms with van der Waals surface area (Å²) in [6.07, 6.45) is 0. The Morgan fingerprint density at radius 1 is 1.03 bits per heavy atom. The summed E-state index contributed by atoms with van der Waals surface area (Å²) in [6, 6.07) is 18.0. The van der Waals surface area contributed by atoms with Crippen molar-refractivity contribution in [3.05, 3.63) is 98.3 Å². The van der Waals surface area contributed by atoms with Crippen molar-refractivity contribution in [2.75, 3.05) is 11.5 Å². The molecule has 1 aliphatic rings. The summed E-state index contributed by atoms with van der Waals surface area (Å²) in [6.45, 7) is 2.43. The fourth-order valence-electron chi connectivity index (χ4n) is 4.05. The van der Waals surface area contributed by atoms with Gasteiger partial charge in [0.25, 0.3) is 5.91 Å². The standard InChI is InChI=1S/C25H18BrNO5/c1-2-31-18-10-6-16(7-11-18)27-22(14-3-8-17(28)9-4-14)21-23(29)19-13-15(26)5-12-20(19)32-24(21)25(27)30/h3-13,22,28H,2H2,1H3. The van der Waals surface area contributed by atoms with Crippen LogP contribution in [0.1, 0.15) is 34.6 Å². The highest BCUT2D eigenvalue weighted by molar-refractivity contribution is 9.10. The second-order valence-corrected chi connectivity index (χ2v) is 8.33. The van der Waals surface area contributed by atoms with Crippen LogP contribution >= 0.6 is 15.9 Å². The molecule has 6 nitrogen and oxygen atoms in total. The molecule has 2 heterocycles. The van der Waals surface area contributed by atoms with E-state index in [4.69, 9.17) is 9.15 Å². The van der Waals surface area contributed by atoms with Gasteiger partial charge in [-0.2, -0.15) is 0 Å². The fraction of sp³-hybridized carbons (Fsp3) is 0.120. The van der Waals surface area contributed by atoms with E-state index in [0.717, 1.165) is 4.47 Å². The minimum absolute atomic E-state index is 0.0248. The predicted molar refractivity (Wildman–Crippen MR) is 125 cm³/mol. The van der Waals surface area contributed by atoms with Crippen LogP contribution in [0, 0.1) is 0 Å². The lowest BCUT2D eigenvalue weighted by Gasteiger charge is -2.25. The summed E-state index contributed by atoms with van der Waals surface area (Å²) in [5, 5.41) is 10.1. The average molecular weight is 492 g/mol.